The molecule has 0 saturated carbocycles. The molecule has 2 aromatic carbocycles. The number of amides is 5. The fourth-order valence-corrected chi connectivity index (χ4v) is 7.21. The lowest BCUT2D eigenvalue weighted by Gasteiger charge is -2.40. The van der Waals surface area contributed by atoms with Crippen molar-refractivity contribution < 1.29 is 46.6 Å². The summed E-state index contributed by atoms with van der Waals surface area (Å²) in [5.41, 5.74) is 1.07. The summed E-state index contributed by atoms with van der Waals surface area (Å²) in [6, 6.07) is 10.8. The maximum absolute atomic E-state index is 15.3. The number of nitrogens with one attached hydrogen (secondary N) is 3. The number of aromatic nitrogens is 2. The van der Waals surface area contributed by atoms with Crippen LogP contribution < -0.4 is 16.0 Å². The van der Waals surface area contributed by atoms with E-state index in [0.717, 1.165) is 28.7 Å². The Morgan fingerprint density at radius 3 is 2.53 bits per heavy atom. The standard InChI is InChI=1S/C40H48F3N7O7/c1-26(25-57-40(54)45-13-17-56-18-14-49-35(51)9-10-36(49)52)46-39(53)50(23-29-20-44-21-33(29)43)37(28-11-15-55-16-12-28)38-47-34(31-19-30(41)7-8-32(31)42)24-48(38)22-27-5-3-2-4-6-27/h2-10,19,24,26,28-29,33,37,44H,11-18,20-23,25H2,1H3,(H,45,54)(H,46,53). The Morgan fingerprint density at radius 2 is 1.81 bits per heavy atom. The van der Waals surface area contributed by atoms with Crippen molar-refractivity contribution in [2.45, 2.75) is 44.6 Å². The summed E-state index contributed by atoms with van der Waals surface area (Å²) in [4.78, 5) is 57.8. The summed E-state index contributed by atoms with van der Waals surface area (Å²) in [7, 11) is 0. The minimum absolute atomic E-state index is 0.0224. The van der Waals surface area contributed by atoms with Crippen molar-refractivity contribution in [1.82, 2.24) is 35.3 Å². The number of ether oxygens (including phenoxy) is 3. The number of carbonyl (C=O) groups is 4. The van der Waals surface area contributed by atoms with Crippen LogP contribution in [0.3, 0.4) is 0 Å². The van der Waals surface area contributed by atoms with Gasteiger partial charge in [0.25, 0.3) is 11.8 Å². The van der Waals surface area contributed by atoms with Gasteiger partial charge in [-0.1, -0.05) is 30.3 Å². The van der Waals surface area contributed by atoms with Crippen molar-refractivity contribution in [2.24, 2.45) is 11.8 Å². The number of nitrogens with zero attached hydrogens (tertiary/aromatic N) is 4. The second-order valence-electron chi connectivity index (χ2n) is 14.4. The van der Waals surface area contributed by atoms with E-state index in [1.807, 2.05) is 34.9 Å². The number of imidazole rings is 1. The number of imide groups is 1. The molecule has 0 bridgehead atoms. The van der Waals surface area contributed by atoms with E-state index in [4.69, 9.17) is 19.2 Å². The van der Waals surface area contributed by atoms with E-state index in [9.17, 15) is 23.6 Å². The number of alkyl halides is 1. The van der Waals surface area contributed by atoms with Crippen molar-refractivity contribution >= 4 is 23.9 Å². The number of alkyl carbamates (subject to hydrolysis) is 1. The van der Waals surface area contributed by atoms with Crippen LogP contribution in [0.25, 0.3) is 11.3 Å². The molecule has 4 atom stereocenters. The summed E-state index contributed by atoms with van der Waals surface area (Å²) in [5, 5.41) is 8.55. The predicted octanol–water partition coefficient (Wildman–Crippen LogP) is 3.97. The highest BCUT2D eigenvalue weighted by molar-refractivity contribution is 6.12. The Kier molecular flexibility index (Phi) is 14.3. The molecule has 2 saturated heterocycles. The Morgan fingerprint density at radius 1 is 1.05 bits per heavy atom. The lowest BCUT2D eigenvalue weighted by atomic mass is 9.89. The molecule has 6 rings (SSSR count). The minimum Gasteiger partial charge on any atom is -0.447 e. The minimum atomic E-state index is -1.22. The number of rotatable bonds is 17. The number of hydrogen-bond donors (Lipinski definition) is 3. The first kappa shape index (κ1) is 41.4. The third-order valence-electron chi connectivity index (χ3n) is 10.2. The smallest absolute Gasteiger partial charge is 0.407 e. The van der Waals surface area contributed by atoms with Gasteiger partial charge in [0.2, 0.25) is 0 Å². The molecule has 4 unspecified atom stereocenters. The van der Waals surface area contributed by atoms with E-state index in [2.05, 4.69) is 16.0 Å². The normalized spacial score (nSPS) is 19.5. The third kappa shape index (κ3) is 11.0. The molecule has 0 radical (unpaired) electrons. The summed E-state index contributed by atoms with van der Waals surface area (Å²) >= 11 is 0. The van der Waals surface area contributed by atoms with E-state index >= 15 is 8.78 Å². The molecule has 1 aromatic heterocycles. The Bertz CT molecular complexity index is 1870. The molecule has 3 aliphatic rings. The molecule has 0 aliphatic carbocycles. The first-order valence-electron chi connectivity index (χ1n) is 19.2. The zero-order valence-corrected chi connectivity index (χ0v) is 31.7. The molecular weight excluding hydrogens is 747 g/mol. The fraction of sp³-hybridized carbons (Fsp3) is 0.475. The van der Waals surface area contributed by atoms with Crippen LogP contribution >= 0.6 is 0 Å². The van der Waals surface area contributed by atoms with Gasteiger partial charge in [0.05, 0.1) is 37.5 Å². The number of halogens is 3. The van der Waals surface area contributed by atoms with Gasteiger partial charge in [-0.15, -0.1) is 0 Å². The molecule has 17 heteroatoms. The van der Waals surface area contributed by atoms with Gasteiger partial charge in [-0.2, -0.15) is 0 Å². The predicted molar refractivity (Wildman–Crippen MR) is 201 cm³/mol. The zero-order valence-electron chi connectivity index (χ0n) is 31.7. The first-order valence-corrected chi connectivity index (χ1v) is 19.2. The molecule has 3 aliphatic heterocycles. The van der Waals surface area contributed by atoms with Crippen LogP contribution in [0.1, 0.15) is 37.2 Å². The van der Waals surface area contributed by atoms with Gasteiger partial charge in [-0.05, 0) is 49.4 Å². The number of benzene rings is 2. The van der Waals surface area contributed by atoms with Crippen molar-refractivity contribution in [2.75, 3.05) is 65.8 Å². The van der Waals surface area contributed by atoms with Gasteiger partial charge in [0.1, 0.15) is 30.2 Å². The van der Waals surface area contributed by atoms with Gasteiger partial charge in [0, 0.05) is 75.8 Å². The van der Waals surface area contributed by atoms with Gasteiger partial charge < -0.3 is 39.6 Å². The monoisotopic (exact) mass is 795 g/mol. The summed E-state index contributed by atoms with van der Waals surface area (Å²) in [6.45, 7) is 3.54. The van der Waals surface area contributed by atoms with E-state index in [-0.39, 0.29) is 63.2 Å². The van der Waals surface area contributed by atoms with E-state index < -0.39 is 59.7 Å². The average Bonchev–Trinajstić information content (AvgIpc) is 3.91. The quantitative estimate of drug-likeness (QED) is 0.136. The molecule has 0 spiro atoms. The van der Waals surface area contributed by atoms with E-state index in [0.29, 0.717) is 45.0 Å². The van der Waals surface area contributed by atoms with Gasteiger partial charge in [-0.3, -0.25) is 14.5 Å². The van der Waals surface area contributed by atoms with Crippen molar-refractivity contribution in [3.8, 4) is 11.3 Å². The number of urea groups is 1. The summed E-state index contributed by atoms with van der Waals surface area (Å²) in [5.74, 6) is -2.39. The highest BCUT2D eigenvalue weighted by Crippen LogP contribution is 2.38. The van der Waals surface area contributed by atoms with Crippen LogP contribution in [0.4, 0.5) is 22.8 Å². The highest BCUT2D eigenvalue weighted by atomic mass is 19.1. The largest absolute Gasteiger partial charge is 0.447 e. The Labute approximate surface area is 328 Å². The second kappa shape index (κ2) is 19.7. The van der Waals surface area contributed by atoms with Gasteiger partial charge >= 0.3 is 12.1 Å². The number of carbonyl (C=O) groups excluding carboxylic acids is 4. The fourth-order valence-electron chi connectivity index (χ4n) is 7.21. The van der Waals surface area contributed by atoms with Crippen LogP contribution in [0.2, 0.25) is 0 Å². The van der Waals surface area contributed by atoms with Gasteiger partial charge in [-0.25, -0.2) is 27.7 Å². The van der Waals surface area contributed by atoms with Crippen LogP contribution in [0.5, 0.6) is 0 Å². The molecule has 3 aromatic rings. The molecular formula is C40H48F3N7O7. The Balaban J connectivity index is 1.18. The van der Waals surface area contributed by atoms with Crippen molar-refractivity contribution in [3.05, 3.63) is 89.9 Å². The third-order valence-corrected chi connectivity index (χ3v) is 10.2. The van der Waals surface area contributed by atoms with Crippen molar-refractivity contribution in [3.63, 3.8) is 0 Å². The molecule has 14 nitrogen and oxygen atoms in total. The topological polar surface area (TPSA) is 156 Å². The summed E-state index contributed by atoms with van der Waals surface area (Å²) in [6.07, 6.45) is 3.20. The molecule has 4 heterocycles. The van der Waals surface area contributed by atoms with Crippen molar-refractivity contribution in [1.29, 1.82) is 0 Å². The summed E-state index contributed by atoms with van der Waals surface area (Å²) < 4.78 is 63.3. The first-order chi connectivity index (χ1) is 27.6. The lowest BCUT2D eigenvalue weighted by Crippen LogP contribution is -2.52. The second-order valence-corrected chi connectivity index (χ2v) is 14.4. The SMILES string of the molecule is CC(COC(=O)NCCOCCN1C(=O)C=CC1=O)NC(=O)N(CC1CNCC1F)C(c1nc(-c2cc(F)ccc2F)cn1Cc1ccccc1)C1CCOCC1. The molecule has 2 fully saturated rings. The van der Waals surface area contributed by atoms with Gasteiger partial charge in [0.15, 0.2) is 0 Å². The average molecular weight is 796 g/mol. The Hall–Kier alpha value is -5.26. The lowest BCUT2D eigenvalue weighted by molar-refractivity contribution is -0.137. The molecule has 3 N–H and O–H groups in total. The maximum Gasteiger partial charge on any atom is 0.407 e. The van der Waals surface area contributed by atoms with Crippen LogP contribution in [-0.4, -0.2) is 121 Å². The van der Waals surface area contributed by atoms with Crippen LogP contribution in [0, 0.1) is 23.5 Å². The van der Waals surface area contributed by atoms with Crippen LogP contribution in [-0.2, 0) is 30.3 Å². The molecule has 306 valence electrons. The van der Waals surface area contributed by atoms with E-state index in [1.54, 1.807) is 18.0 Å². The van der Waals surface area contributed by atoms with E-state index in [1.165, 1.54) is 12.2 Å². The molecule has 57 heavy (non-hydrogen) atoms. The highest BCUT2D eigenvalue weighted by Gasteiger charge is 2.40. The zero-order chi connectivity index (χ0) is 40.3. The number of hydrogen-bond acceptors (Lipinski definition) is 9. The maximum atomic E-state index is 15.3. The molecule has 5 amide bonds. The van der Waals surface area contributed by atoms with Crippen LogP contribution in [0.15, 0.2) is 66.9 Å².